The van der Waals surface area contributed by atoms with E-state index in [0.29, 0.717) is 0 Å². The average Bonchev–Trinajstić information content (AvgIpc) is 2.81. The zero-order chi connectivity index (χ0) is 17.2. The van der Waals surface area contributed by atoms with Gasteiger partial charge >= 0.3 is 0 Å². The Bertz CT molecular complexity index is 869. The zero-order valence-corrected chi connectivity index (χ0v) is 14.8. The predicted octanol–water partition coefficient (Wildman–Crippen LogP) is 2.79. The lowest BCUT2D eigenvalue weighted by Crippen LogP contribution is -2.26. The average molecular weight is 333 g/mol. The van der Waals surface area contributed by atoms with Crippen molar-refractivity contribution in [3.8, 4) is 11.3 Å². The molecule has 0 bridgehead atoms. The lowest BCUT2D eigenvalue weighted by Gasteiger charge is -2.19. The third kappa shape index (κ3) is 3.33. The summed E-state index contributed by atoms with van der Waals surface area (Å²) >= 11 is 0. The van der Waals surface area contributed by atoms with Gasteiger partial charge in [-0.25, -0.2) is 9.97 Å². The molecule has 0 radical (unpaired) electrons. The van der Waals surface area contributed by atoms with E-state index in [9.17, 15) is 0 Å². The molecule has 0 aliphatic carbocycles. The van der Waals surface area contributed by atoms with Crippen LogP contribution in [-0.4, -0.2) is 37.7 Å². The molecule has 0 spiro atoms. The van der Waals surface area contributed by atoms with E-state index in [4.69, 9.17) is 5.10 Å². The monoisotopic (exact) mass is 333 g/mol. The highest BCUT2D eigenvalue weighted by Crippen LogP contribution is 2.28. The van der Waals surface area contributed by atoms with Crippen molar-refractivity contribution in [2.24, 2.45) is 7.05 Å². The van der Waals surface area contributed by atoms with Crippen molar-refractivity contribution >= 4 is 0 Å². The molecular weight excluding hydrogens is 310 g/mol. The lowest BCUT2D eigenvalue weighted by molar-refractivity contribution is 0.274. The first kappa shape index (κ1) is 16.0. The largest absolute Gasteiger partial charge is 0.297 e. The van der Waals surface area contributed by atoms with E-state index in [1.807, 2.05) is 23.9 Å². The zero-order valence-electron chi connectivity index (χ0n) is 14.8. The van der Waals surface area contributed by atoms with E-state index in [2.05, 4.69) is 52.2 Å². The minimum Gasteiger partial charge on any atom is -0.297 e. The first-order valence-electron chi connectivity index (χ1n) is 8.82. The van der Waals surface area contributed by atoms with Crippen LogP contribution in [0.25, 0.3) is 11.3 Å². The normalized spacial score (nSPS) is 15.0. The van der Waals surface area contributed by atoms with E-state index in [0.717, 1.165) is 44.0 Å². The third-order valence-corrected chi connectivity index (χ3v) is 4.84. The summed E-state index contributed by atoms with van der Waals surface area (Å²) in [4.78, 5) is 11.2. The number of rotatable bonds is 3. The van der Waals surface area contributed by atoms with Crippen LogP contribution in [0.15, 0.2) is 42.6 Å². The van der Waals surface area contributed by atoms with Crippen LogP contribution in [0.4, 0.5) is 0 Å². The molecule has 0 unspecified atom stereocenters. The summed E-state index contributed by atoms with van der Waals surface area (Å²) in [6, 6.07) is 12.6. The van der Waals surface area contributed by atoms with Gasteiger partial charge < -0.3 is 0 Å². The molecule has 128 valence electrons. The minimum atomic E-state index is 0.837. The highest BCUT2D eigenvalue weighted by Gasteiger charge is 2.22. The summed E-state index contributed by atoms with van der Waals surface area (Å²) in [5.74, 6) is 0.837. The second kappa shape index (κ2) is 6.76. The Hall–Kier alpha value is -2.53. The second-order valence-corrected chi connectivity index (χ2v) is 6.63. The first-order valence-corrected chi connectivity index (χ1v) is 8.82. The van der Waals surface area contributed by atoms with Gasteiger partial charge in [-0.15, -0.1) is 0 Å². The van der Waals surface area contributed by atoms with Gasteiger partial charge in [0.1, 0.15) is 5.82 Å². The molecule has 1 aromatic carbocycles. The molecule has 25 heavy (non-hydrogen) atoms. The topological polar surface area (TPSA) is 46.8 Å². The van der Waals surface area contributed by atoms with Gasteiger partial charge in [0.05, 0.1) is 17.1 Å². The SMILES string of the molecule is Cc1nccc(CN2CCc3nn(C)c(-c4ccccc4)c3CC2)n1. The van der Waals surface area contributed by atoms with Gasteiger partial charge in [0, 0.05) is 50.4 Å². The van der Waals surface area contributed by atoms with Crippen LogP contribution in [0, 0.1) is 6.92 Å². The molecule has 2 aromatic heterocycles. The molecule has 1 aliphatic rings. The molecule has 0 saturated carbocycles. The molecule has 5 heteroatoms. The van der Waals surface area contributed by atoms with Crippen molar-refractivity contribution in [1.82, 2.24) is 24.6 Å². The maximum atomic E-state index is 4.81. The summed E-state index contributed by atoms with van der Waals surface area (Å²) in [5.41, 5.74) is 6.24. The van der Waals surface area contributed by atoms with Crippen LogP contribution in [0.5, 0.6) is 0 Å². The number of benzene rings is 1. The Morgan fingerprint density at radius 2 is 1.84 bits per heavy atom. The molecule has 0 fully saturated rings. The Morgan fingerprint density at radius 1 is 1.04 bits per heavy atom. The van der Waals surface area contributed by atoms with Crippen molar-refractivity contribution in [3.63, 3.8) is 0 Å². The smallest absolute Gasteiger partial charge is 0.125 e. The van der Waals surface area contributed by atoms with Gasteiger partial charge in [0.25, 0.3) is 0 Å². The highest BCUT2D eigenvalue weighted by molar-refractivity contribution is 5.64. The number of nitrogens with zero attached hydrogens (tertiary/aromatic N) is 5. The standard InChI is InChI=1S/C20H23N5/c1-15-21-11-8-17(22-15)14-25-12-9-18-19(10-13-25)23-24(2)20(18)16-6-4-3-5-7-16/h3-8,11H,9-10,12-14H2,1-2H3. The van der Waals surface area contributed by atoms with Crippen molar-refractivity contribution in [3.05, 3.63) is 65.4 Å². The van der Waals surface area contributed by atoms with Gasteiger partial charge in [-0.3, -0.25) is 9.58 Å². The maximum Gasteiger partial charge on any atom is 0.125 e. The van der Waals surface area contributed by atoms with Gasteiger partial charge in [0.2, 0.25) is 0 Å². The van der Waals surface area contributed by atoms with Crippen molar-refractivity contribution in [1.29, 1.82) is 0 Å². The molecule has 1 aliphatic heterocycles. The quantitative estimate of drug-likeness (QED) is 0.739. The lowest BCUT2D eigenvalue weighted by atomic mass is 10.0. The Kier molecular flexibility index (Phi) is 4.32. The van der Waals surface area contributed by atoms with Crippen molar-refractivity contribution < 1.29 is 0 Å². The van der Waals surface area contributed by atoms with Crippen LogP contribution < -0.4 is 0 Å². The second-order valence-electron chi connectivity index (χ2n) is 6.63. The van der Waals surface area contributed by atoms with E-state index >= 15 is 0 Å². The fraction of sp³-hybridized carbons (Fsp3) is 0.350. The van der Waals surface area contributed by atoms with Gasteiger partial charge in [0.15, 0.2) is 0 Å². The summed E-state index contributed by atoms with van der Waals surface area (Å²) in [6.45, 7) is 4.86. The molecule has 0 atom stereocenters. The van der Waals surface area contributed by atoms with Gasteiger partial charge in [-0.2, -0.15) is 5.10 Å². The van der Waals surface area contributed by atoms with E-state index < -0.39 is 0 Å². The number of aromatic nitrogens is 4. The minimum absolute atomic E-state index is 0.837. The number of hydrogen-bond donors (Lipinski definition) is 0. The van der Waals surface area contributed by atoms with Crippen molar-refractivity contribution in [2.75, 3.05) is 13.1 Å². The Morgan fingerprint density at radius 3 is 2.64 bits per heavy atom. The molecule has 5 nitrogen and oxygen atoms in total. The number of hydrogen-bond acceptors (Lipinski definition) is 4. The fourth-order valence-electron chi connectivity index (χ4n) is 3.67. The van der Waals surface area contributed by atoms with Crippen LogP contribution in [-0.2, 0) is 26.4 Å². The number of fused-ring (bicyclic) bond motifs is 1. The molecule has 0 saturated heterocycles. The molecular formula is C20H23N5. The molecule has 3 aromatic rings. The van der Waals surface area contributed by atoms with Crippen LogP contribution in [0.2, 0.25) is 0 Å². The Balaban J connectivity index is 1.56. The van der Waals surface area contributed by atoms with Gasteiger partial charge in [-0.1, -0.05) is 30.3 Å². The summed E-state index contributed by atoms with van der Waals surface area (Å²) in [6.07, 6.45) is 3.86. The van der Waals surface area contributed by atoms with E-state index in [1.165, 1.54) is 22.5 Å². The fourth-order valence-corrected chi connectivity index (χ4v) is 3.67. The van der Waals surface area contributed by atoms with Crippen LogP contribution in [0.1, 0.15) is 22.8 Å². The van der Waals surface area contributed by atoms with E-state index in [1.54, 1.807) is 0 Å². The first-order chi connectivity index (χ1) is 12.2. The van der Waals surface area contributed by atoms with E-state index in [-0.39, 0.29) is 0 Å². The number of aryl methyl sites for hydroxylation is 2. The Labute approximate surface area is 148 Å². The molecule has 4 rings (SSSR count). The van der Waals surface area contributed by atoms with Crippen LogP contribution >= 0.6 is 0 Å². The highest BCUT2D eigenvalue weighted by atomic mass is 15.3. The van der Waals surface area contributed by atoms with Crippen LogP contribution in [0.3, 0.4) is 0 Å². The van der Waals surface area contributed by atoms with Crippen molar-refractivity contribution in [2.45, 2.75) is 26.3 Å². The third-order valence-electron chi connectivity index (χ3n) is 4.84. The molecule has 0 amide bonds. The maximum absolute atomic E-state index is 4.81. The summed E-state index contributed by atoms with van der Waals surface area (Å²) in [7, 11) is 2.05. The predicted molar refractivity (Wildman–Crippen MR) is 98.1 cm³/mol. The molecule has 0 N–H and O–H groups in total. The summed E-state index contributed by atoms with van der Waals surface area (Å²) in [5, 5.41) is 4.81. The van der Waals surface area contributed by atoms with Gasteiger partial charge in [-0.05, 0) is 19.4 Å². The molecule has 3 heterocycles. The summed E-state index contributed by atoms with van der Waals surface area (Å²) < 4.78 is 2.05.